The Morgan fingerprint density at radius 3 is 2.65 bits per heavy atom. The molecule has 2 aromatic rings. The molecule has 1 aliphatic heterocycles. The molecule has 2 heterocycles. The van der Waals surface area contributed by atoms with Crippen molar-refractivity contribution in [1.82, 2.24) is 10.3 Å². The number of cyclic esters (lactones) is 1. The highest BCUT2D eigenvalue weighted by Gasteiger charge is 2.23. The molecule has 0 spiro atoms. The minimum absolute atomic E-state index is 0.182. The second-order valence-electron chi connectivity index (χ2n) is 5.26. The number of carbonyl (C=O) groups excluding carboxylic acids is 2. The molecule has 6 nitrogen and oxygen atoms in total. The minimum atomic E-state index is -0.356. The van der Waals surface area contributed by atoms with Crippen LogP contribution in [-0.2, 0) is 4.74 Å². The van der Waals surface area contributed by atoms with E-state index in [1.165, 1.54) is 4.90 Å². The molecule has 6 heteroatoms. The summed E-state index contributed by atoms with van der Waals surface area (Å²) in [6.45, 7) is 2.80. The second kappa shape index (κ2) is 6.48. The molecule has 23 heavy (non-hydrogen) atoms. The summed E-state index contributed by atoms with van der Waals surface area (Å²) in [6, 6.07) is 12.3. The third-order valence-corrected chi connectivity index (χ3v) is 3.68. The van der Waals surface area contributed by atoms with Crippen LogP contribution in [0.3, 0.4) is 0 Å². The van der Waals surface area contributed by atoms with Crippen molar-refractivity contribution in [3.05, 3.63) is 59.9 Å². The van der Waals surface area contributed by atoms with E-state index in [0.29, 0.717) is 18.7 Å². The highest BCUT2D eigenvalue weighted by molar-refractivity contribution is 5.95. The number of rotatable bonds is 4. The maximum absolute atomic E-state index is 12.3. The molecule has 1 aromatic heterocycles. The maximum Gasteiger partial charge on any atom is 0.414 e. The number of nitrogens with zero attached hydrogens (tertiary/aromatic N) is 2. The molecule has 0 aliphatic carbocycles. The minimum Gasteiger partial charge on any atom is -0.447 e. The van der Waals surface area contributed by atoms with Crippen LogP contribution in [0.25, 0.3) is 0 Å². The van der Waals surface area contributed by atoms with Gasteiger partial charge in [0.2, 0.25) is 0 Å². The summed E-state index contributed by atoms with van der Waals surface area (Å²) in [4.78, 5) is 29.6. The van der Waals surface area contributed by atoms with E-state index in [-0.39, 0.29) is 18.0 Å². The molecule has 0 saturated carbocycles. The fourth-order valence-electron chi connectivity index (χ4n) is 2.41. The molecular weight excluding hydrogens is 294 g/mol. The molecule has 1 N–H and O–H groups in total. The summed E-state index contributed by atoms with van der Waals surface area (Å²) in [5, 5.41) is 2.90. The fourth-order valence-corrected chi connectivity index (χ4v) is 2.41. The van der Waals surface area contributed by atoms with Gasteiger partial charge in [-0.15, -0.1) is 0 Å². The van der Waals surface area contributed by atoms with Gasteiger partial charge in [-0.05, 0) is 43.3 Å². The monoisotopic (exact) mass is 311 g/mol. The van der Waals surface area contributed by atoms with Gasteiger partial charge in [0, 0.05) is 17.4 Å². The molecule has 2 amide bonds. The third kappa shape index (κ3) is 3.31. The number of hydrogen-bond acceptors (Lipinski definition) is 4. The number of hydrogen-bond donors (Lipinski definition) is 1. The van der Waals surface area contributed by atoms with Crippen LogP contribution in [0.1, 0.15) is 29.0 Å². The van der Waals surface area contributed by atoms with Crippen LogP contribution in [-0.4, -0.2) is 30.1 Å². The first-order chi connectivity index (χ1) is 11.1. The SMILES string of the molecule is C[C@@H](NC(=O)c1ccc(N2CCOC2=O)cc1)c1ccccn1. The lowest BCUT2D eigenvalue weighted by Gasteiger charge is -2.15. The average Bonchev–Trinajstić information content (AvgIpc) is 3.02. The second-order valence-corrected chi connectivity index (χ2v) is 5.26. The molecule has 0 radical (unpaired) electrons. The van der Waals surface area contributed by atoms with E-state index in [0.717, 1.165) is 11.4 Å². The highest BCUT2D eigenvalue weighted by Crippen LogP contribution is 2.19. The molecule has 1 atom stereocenters. The molecule has 1 saturated heterocycles. The molecule has 0 unspecified atom stereocenters. The van der Waals surface area contributed by atoms with Gasteiger partial charge in [0.25, 0.3) is 5.91 Å². The summed E-state index contributed by atoms with van der Waals surface area (Å²) >= 11 is 0. The van der Waals surface area contributed by atoms with Crippen LogP contribution in [0.5, 0.6) is 0 Å². The summed E-state index contributed by atoms with van der Waals surface area (Å²) in [7, 11) is 0. The third-order valence-electron chi connectivity index (χ3n) is 3.68. The Kier molecular flexibility index (Phi) is 4.23. The maximum atomic E-state index is 12.3. The number of anilines is 1. The van der Waals surface area contributed by atoms with Crippen molar-refractivity contribution >= 4 is 17.7 Å². The quantitative estimate of drug-likeness (QED) is 0.942. The van der Waals surface area contributed by atoms with Gasteiger partial charge in [0.15, 0.2) is 0 Å². The Balaban J connectivity index is 1.67. The number of ether oxygens (including phenoxy) is 1. The Hall–Kier alpha value is -2.89. The van der Waals surface area contributed by atoms with Gasteiger partial charge in [-0.3, -0.25) is 14.7 Å². The first-order valence-electron chi connectivity index (χ1n) is 7.41. The molecule has 0 bridgehead atoms. The van der Waals surface area contributed by atoms with Crippen LogP contribution in [0.15, 0.2) is 48.7 Å². The number of pyridine rings is 1. The predicted molar refractivity (Wildman–Crippen MR) is 85.3 cm³/mol. The smallest absolute Gasteiger partial charge is 0.414 e. The van der Waals surface area contributed by atoms with Crippen molar-refractivity contribution in [2.24, 2.45) is 0 Å². The van der Waals surface area contributed by atoms with E-state index in [4.69, 9.17) is 4.74 Å². The molecule has 3 rings (SSSR count). The van der Waals surface area contributed by atoms with Crippen LogP contribution < -0.4 is 10.2 Å². The Morgan fingerprint density at radius 2 is 2.04 bits per heavy atom. The number of nitrogens with one attached hydrogen (secondary N) is 1. The lowest BCUT2D eigenvalue weighted by atomic mass is 10.1. The van der Waals surface area contributed by atoms with Crippen LogP contribution >= 0.6 is 0 Å². The van der Waals surface area contributed by atoms with Gasteiger partial charge in [-0.1, -0.05) is 6.07 Å². The molecule has 118 valence electrons. The van der Waals surface area contributed by atoms with Crippen molar-refractivity contribution < 1.29 is 14.3 Å². The summed E-state index contributed by atoms with van der Waals surface area (Å²) in [6.07, 6.45) is 1.34. The molecule has 1 aliphatic rings. The van der Waals surface area contributed by atoms with E-state index >= 15 is 0 Å². The van der Waals surface area contributed by atoms with Crippen LogP contribution in [0, 0.1) is 0 Å². The normalized spacial score (nSPS) is 15.2. The number of amides is 2. The first-order valence-corrected chi connectivity index (χ1v) is 7.41. The standard InChI is InChI=1S/C17H17N3O3/c1-12(15-4-2-3-9-18-15)19-16(21)13-5-7-14(8-6-13)20-10-11-23-17(20)22/h2-9,12H,10-11H2,1H3,(H,19,21)/t12-/m1/s1. The van der Waals surface area contributed by atoms with Gasteiger partial charge in [-0.2, -0.15) is 0 Å². The predicted octanol–water partition coefficient (Wildman–Crippen LogP) is 2.53. The van der Waals surface area contributed by atoms with Crippen LogP contribution in [0.4, 0.5) is 10.5 Å². The zero-order valence-corrected chi connectivity index (χ0v) is 12.7. The average molecular weight is 311 g/mol. The number of aromatic nitrogens is 1. The first kappa shape index (κ1) is 15.0. The van der Waals surface area contributed by atoms with Gasteiger partial charge >= 0.3 is 6.09 Å². The number of carbonyl (C=O) groups is 2. The summed E-state index contributed by atoms with van der Waals surface area (Å²) in [5.41, 5.74) is 2.06. The van der Waals surface area contributed by atoms with E-state index in [1.807, 2.05) is 25.1 Å². The van der Waals surface area contributed by atoms with E-state index in [9.17, 15) is 9.59 Å². The Labute approximate surface area is 134 Å². The van der Waals surface area contributed by atoms with Crippen molar-refractivity contribution in [3.8, 4) is 0 Å². The Morgan fingerprint density at radius 1 is 1.26 bits per heavy atom. The van der Waals surface area contributed by atoms with Crippen molar-refractivity contribution in [2.75, 3.05) is 18.1 Å². The van der Waals surface area contributed by atoms with Crippen LogP contribution in [0.2, 0.25) is 0 Å². The zero-order valence-electron chi connectivity index (χ0n) is 12.7. The van der Waals surface area contributed by atoms with Crippen molar-refractivity contribution in [1.29, 1.82) is 0 Å². The molecule has 1 fully saturated rings. The van der Waals surface area contributed by atoms with Crippen molar-refractivity contribution in [2.45, 2.75) is 13.0 Å². The van der Waals surface area contributed by atoms with E-state index < -0.39 is 0 Å². The van der Waals surface area contributed by atoms with Gasteiger partial charge in [0.1, 0.15) is 6.61 Å². The Bertz CT molecular complexity index is 701. The summed E-state index contributed by atoms with van der Waals surface area (Å²) < 4.78 is 4.90. The van der Waals surface area contributed by atoms with Crippen molar-refractivity contribution in [3.63, 3.8) is 0 Å². The molecule has 1 aromatic carbocycles. The topological polar surface area (TPSA) is 71.5 Å². The van der Waals surface area contributed by atoms with Gasteiger partial charge in [0.05, 0.1) is 18.3 Å². The number of benzene rings is 1. The fraction of sp³-hybridized carbons (Fsp3) is 0.235. The lowest BCUT2D eigenvalue weighted by molar-refractivity contribution is 0.0939. The largest absolute Gasteiger partial charge is 0.447 e. The lowest BCUT2D eigenvalue weighted by Crippen LogP contribution is -2.27. The van der Waals surface area contributed by atoms with E-state index in [1.54, 1.807) is 30.5 Å². The van der Waals surface area contributed by atoms with Gasteiger partial charge in [-0.25, -0.2) is 4.79 Å². The highest BCUT2D eigenvalue weighted by atomic mass is 16.6. The van der Waals surface area contributed by atoms with E-state index in [2.05, 4.69) is 10.3 Å². The molecular formula is C17H17N3O3. The summed E-state index contributed by atoms with van der Waals surface area (Å²) in [5.74, 6) is -0.182. The zero-order chi connectivity index (χ0) is 16.2. The van der Waals surface area contributed by atoms with Gasteiger partial charge < -0.3 is 10.1 Å².